The number of fused-ring (bicyclic) bond motifs is 2. The summed E-state index contributed by atoms with van der Waals surface area (Å²) in [5, 5.41) is 20.2. The van der Waals surface area contributed by atoms with Crippen LogP contribution in [-0.4, -0.2) is 43.1 Å². The van der Waals surface area contributed by atoms with E-state index in [2.05, 4.69) is 34.0 Å². The van der Waals surface area contributed by atoms with Crippen LogP contribution in [0.15, 0.2) is 87.8 Å². The minimum absolute atomic E-state index is 0.0383. The molecule has 2 heterocycles. The summed E-state index contributed by atoms with van der Waals surface area (Å²) < 4.78 is 3.29. The second-order valence-corrected chi connectivity index (χ2v) is 8.93. The number of aryl methyl sites for hydroxylation is 1. The van der Waals surface area contributed by atoms with Gasteiger partial charge in [0.05, 0.1) is 28.8 Å². The Morgan fingerprint density at radius 1 is 0.947 bits per heavy atom. The van der Waals surface area contributed by atoms with Gasteiger partial charge in [0.15, 0.2) is 5.69 Å². The van der Waals surface area contributed by atoms with Crippen molar-refractivity contribution in [3.63, 3.8) is 0 Å². The van der Waals surface area contributed by atoms with Crippen LogP contribution in [0.3, 0.4) is 0 Å². The van der Waals surface area contributed by atoms with Crippen LogP contribution in [0, 0.1) is 6.92 Å². The second kappa shape index (κ2) is 10.4. The molecule has 0 saturated carbocycles. The number of amides is 1. The van der Waals surface area contributed by atoms with Crippen molar-refractivity contribution in [3.8, 4) is 11.6 Å². The van der Waals surface area contributed by atoms with Crippen LogP contribution in [0.1, 0.15) is 30.0 Å². The fourth-order valence-electron chi connectivity index (χ4n) is 4.59. The van der Waals surface area contributed by atoms with E-state index < -0.39 is 5.91 Å². The third kappa shape index (κ3) is 4.48. The quantitative estimate of drug-likeness (QED) is 0.289. The highest BCUT2D eigenvalue weighted by molar-refractivity contribution is 5.97. The van der Waals surface area contributed by atoms with E-state index in [1.165, 1.54) is 4.57 Å². The largest absolute Gasteiger partial charge is 0.493 e. The summed E-state index contributed by atoms with van der Waals surface area (Å²) in [6.45, 7) is 8.04. The van der Waals surface area contributed by atoms with Gasteiger partial charge in [-0.2, -0.15) is 0 Å². The number of para-hydroxylation sites is 2. The number of hydrogen-bond acceptors (Lipinski definition) is 6. The standard InChI is InChI=1S/C29H28N6O3/c1-4-33(5-2)18-34-25-13-9-7-11-23(25)26(29(34)38)31-32-27(36)20-14-16-21(17-15-20)35-19(3)30-24-12-8-6-10-22(24)28(35)37/h6-17,38H,4-5,18H2,1-3H3. The molecule has 9 heteroatoms. The molecule has 5 aromatic rings. The minimum atomic E-state index is -0.558. The fraction of sp³-hybridized carbons (Fsp3) is 0.207. The topological polar surface area (TPSA) is 105 Å². The molecule has 0 aliphatic heterocycles. The molecule has 3 aromatic carbocycles. The molecule has 0 atom stereocenters. The zero-order valence-corrected chi connectivity index (χ0v) is 21.5. The fourth-order valence-corrected chi connectivity index (χ4v) is 4.59. The molecule has 5 rings (SSSR count). The number of aromatic nitrogens is 3. The van der Waals surface area contributed by atoms with Crippen molar-refractivity contribution in [1.82, 2.24) is 19.0 Å². The smallest absolute Gasteiger partial charge is 0.295 e. The van der Waals surface area contributed by atoms with Crippen LogP contribution in [0.4, 0.5) is 5.69 Å². The highest BCUT2D eigenvalue weighted by Crippen LogP contribution is 2.39. The maximum absolute atomic E-state index is 13.1. The van der Waals surface area contributed by atoms with Crippen molar-refractivity contribution in [2.75, 3.05) is 13.1 Å². The van der Waals surface area contributed by atoms with E-state index in [4.69, 9.17) is 0 Å². The van der Waals surface area contributed by atoms with Crippen LogP contribution in [0.5, 0.6) is 5.88 Å². The van der Waals surface area contributed by atoms with Gasteiger partial charge in [-0.15, -0.1) is 10.2 Å². The maximum Gasteiger partial charge on any atom is 0.295 e. The SMILES string of the molecule is CCN(CC)Cn1c(O)c(N=NC(=O)c2ccc(-n3c(C)nc4ccccc4c3=O)cc2)c2ccccc21. The van der Waals surface area contributed by atoms with E-state index in [1.807, 2.05) is 30.3 Å². The number of azo groups is 1. The molecule has 0 saturated heterocycles. The highest BCUT2D eigenvalue weighted by Gasteiger charge is 2.18. The van der Waals surface area contributed by atoms with Crippen molar-refractivity contribution in [3.05, 3.63) is 94.5 Å². The third-order valence-corrected chi connectivity index (χ3v) is 6.71. The molecule has 0 radical (unpaired) electrons. The van der Waals surface area contributed by atoms with Crippen LogP contribution >= 0.6 is 0 Å². The number of carbonyl (C=O) groups excluding carboxylic acids is 1. The van der Waals surface area contributed by atoms with Gasteiger partial charge in [0.2, 0.25) is 5.88 Å². The summed E-state index contributed by atoms with van der Waals surface area (Å²) in [7, 11) is 0. The Labute approximate surface area is 219 Å². The molecule has 0 unspecified atom stereocenters. The molecule has 2 aromatic heterocycles. The van der Waals surface area contributed by atoms with Crippen molar-refractivity contribution in [1.29, 1.82) is 0 Å². The Balaban J connectivity index is 1.44. The van der Waals surface area contributed by atoms with Gasteiger partial charge >= 0.3 is 0 Å². The van der Waals surface area contributed by atoms with Gasteiger partial charge in [0.25, 0.3) is 11.5 Å². The highest BCUT2D eigenvalue weighted by atomic mass is 16.3. The van der Waals surface area contributed by atoms with Crippen molar-refractivity contribution in [2.45, 2.75) is 27.4 Å². The summed E-state index contributed by atoms with van der Waals surface area (Å²) in [6, 6.07) is 21.3. The minimum Gasteiger partial charge on any atom is -0.493 e. The van der Waals surface area contributed by atoms with Gasteiger partial charge < -0.3 is 5.11 Å². The number of carbonyl (C=O) groups is 1. The second-order valence-electron chi connectivity index (χ2n) is 8.93. The van der Waals surface area contributed by atoms with E-state index in [0.717, 1.165) is 18.6 Å². The van der Waals surface area contributed by atoms with Crippen LogP contribution in [0.2, 0.25) is 0 Å². The molecule has 1 N–H and O–H groups in total. The van der Waals surface area contributed by atoms with Crippen LogP contribution in [-0.2, 0) is 6.67 Å². The van der Waals surface area contributed by atoms with Crippen molar-refractivity contribution in [2.24, 2.45) is 10.2 Å². The Hall–Kier alpha value is -4.63. The molecule has 0 fully saturated rings. The predicted octanol–water partition coefficient (Wildman–Crippen LogP) is 5.58. The summed E-state index contributed by atoms with van der Waals surface area (Å²) in [6.07, 6.45) is 0. The normalized spacial score (nSPS) is 11.8. The Morgan fingerprint density at radius 2 is 1.61 bits per heavy atom. The van der Waals surface area contributed by atoms with E-state index in [-0.39, 0.29) is 17.1 Å². The Kier molecular flexibility index (Phi) is 6.85. The summed E-state index contributed by atoms with van der Waals surface area (Å²) in [5.74, 6) is -0.0510. The maximum atomic E-state index is 13.1. The molecule has 192 valence electrons. The molecule has 9 nitrogen and oxygen atoms in total. The van der Waals surface area contributed by atoms with Gasteiger partial charge in [-0.3, -0.25) is 23.6 Å². The first-order valence-corrected chi connectivity index (χ1v) is 12.5. The Morgan fingerprint density at radius 3 is 2.32 bits per heavy atom. The van der Waals surface area contributed by atoms with Gasteiger partial charge in [-0.25, -0.2) is 4.98 Å². The van der Waals surface area contributed by atoms with Gasteiger partial charge in [-0.1, -0.05) is 44.2 Å². The van der Waals surface area contributed by atoms with Crippen molar-refractivity contribution >= 4 is 33.4 Å². The molecule has 0 aliphatic rings. The molecule has 0 spiro atoms. The number of hydrogen-bond donors (Lipinski definition) is 1. The summed E-state index contributed by atoms with van der Waals surface area (Å²) in [4.78, 5) is 32.6. The average Bonchev–Trinajstić information content (AvgIpc) is 3.20. The van der Waals surface area contributed by atoms with Crippen molar-refractivity contribution < 1.29 is 9.90 Å². The molecular formula is C29H28N6O3. The van der Waals surface area contributed by atoms with E-state index >= 15 is 0 Å². The zero-order chi connectivity index (χ0) is 26.8. The molecular weight excluding hydrogens is 480 g/mol. The van der Waals surface area contributed by atoms with Crippen LogP contribution < -0.4 is 5.56 Å². The number of rotatable bonds is 7. The number of aromatic hydroxyl groups is 1. The van der Waals surface area contributed by atoms with E-state index in [0.29, 0.717) is 40.0 Å². The van der Waals surface area contributed by atoms with E-state index in [9.17, 15) is 14.7 Å². The lowest BCUT2D eigenvalue weighted by Crippen LogP contribution is -2.25. The predicted molar refractivity (Wildman–Crippen MR) is 147 cm³/mol. The first-order chi connectivity index (χ1) is 18.4. The third-order valence-electron chi connectivity index (χ3n) is 6.71. The van der Waals surface area contributed by atoms with Gasteiger partial charge in [0.1, 0.15) is 5.82 Å². The first-order valence-electron chi connectivity index (χ1n) is 12.5. The summed E-state index contributed by atoms with van der Waals surface area (Å²) >= 11 is 0. The number of benzene rings is 3. The Bertz CT molecular complexity index is 1730. The lowest BCUT2D eigenvalue weighted by atomic mass is 10.2. The molecule has 1 amide bonds. The van der Waals surface area contributed by atoms with Gasteiger partial charge in [0, 0.05) is 10.9 Å². The average molecular weight is 509 g/mol. The monoisotopic (exact) mass is 508 g/mol. The molecule has 0 bridgehead atoms. The molecule has 0 aliphatic carbocycles. The number of nitrogens with zero attached hydrogens (tertiary/aromatic N) is 6. The molecule has 38 heavy (non-hydrogen) atoms. The summed E-state index contributed by atoms with van der Waals surface area (Å²) in [5.41, 5.74) is 2.43. The zero-order valence-electron chi connectivity index (χ0n) is 21.5. The van der Waals surface area contributed by atoms with Gasteiger partial charge in [-0.05, 0) is 62.5 Å². The lowest BCUT2D eigenvalue weighted by Gasteiger charge is -2.19. The lowest BCUT2D eigenvalue weighted by molar-refractivity contribution is 0.0995. The van der Waals surface area contributed by atoms with E-state index in [1.54, 1.807) is 54.0 Å². The first kappa shape index (κ1) is 25.0. The van der Waals surface area contributed by atoms with Crippen LogP contribution in [0.25, 0.3) is 27.5 Å².